The molecule has 19 heavy (non-hydrogen) atoms. The maximum Gasteiger partial charge on any atom is 0.416 e. The molecular weight excluding hydrogens is 257 g/mol. The van der Waals surface area contributed by atoms with Crippen molar-refractivity contribution in [2.45, 2.75) is 19.6 Å². The van der Waals surface area contributed by atoms with Gasteiger partial charge in [0.15, 0.2) is 0 Å². The predicted molar refractivity (Wildman–Crippen MR) is 66.5 cm³/mol. The molecule has 1 amide bonds. The Balaban J connectivity index is 2.67. The van der Waals surface area contributed by atoms with Gasteiger partial charge in [0.05, 0.1) is 5.56 Å². The molecular formula is C13H17F3N2O. The Kier molecular flexibility index (Phi) is 5.82. The number of likely N-dealkylation sites (N-methyl/N-ethyl adjacent to an activating group) is 1. The Labute approximate surface area is 110 Å². The summed E-state index contributed by atoms with van der Waals surface area (Å²) in [5.41, 5.74) is -0.221. The lowest BCUT2D eigenvalue weighted by Crippen LogP contribution is -2.30. The second-order valence-electron chi connectivity index (χ2n) is 4.13. The van der Waals surface area contributed by atoms with Crippen LogP contribution in [0.25, 0.3) is 0 Å². The van der Waals surface area contributed by atoms with Gasteiger partial charge in [0.1, 0.15) is 0 Å². The van der Waals surface area contributed by atoms with Gasteiger partial charge in [-0.3, -0.25) is 4.79 Å². The number of benzene rings is 1. The Bertz CT molecular complexity index is 407. The summed E-state index contributed by atoms with van der Waals surface area (Å²) >= 11 is 0. The Morgan fingerprint density at radius 1 is 1.37 bits per heavy atom. The van der Waals surface area contributed by atoms with Crippen molar-refractivity contribution in [1.82, 2.24) is 10.2 Å². The van der Waals surface area contributed by atoms with E-state index in [0.717, 1.165) is 18.7 Å². The molecule has 0 atom stereocenters. The molecule has 0 heterocycles. The average Bonchev–Trinajstić information content (AvgIpc) is 2.37. The van der Waals surface area contributed by atoms with E-state index >= 15 is 0 Å². The molecule has 0 unspecified atom stereocenters. The molecule has 0 aliphatic carbocycles. The number of nitrogens with one attached hydrogen (secondary N) is 1. The summed E-state index contributed by atoms with van der Waals surface area (Å²) in [5.74, 6) is 0. The van der Waals surface area contributed by atoms with E-state index in [1.165, 1.54) is 11.0 Å². The van der Waals surface area contributed by atoms with Crippen molar-refractivity contribution in [1.29, 1.82) is 0 Å². The largest absolute Gasteiger partial charge is 0.416 e. The summed E-state index contributed by atoms with van der Waals surface area (Å²) in [6.45, 7) is 3.99. The number of hydrogen-bond donors (Lipinski definition) is 1. The molecule has 1 aromatic carbocycles. The highest BCUT2D eigenvalue weighted by molar-refractivity contribution is 5.47. The fraction of sp³-hybridized carbons (Fsp3) is 0.462. The molecule has 0 bridgehead atoms. The minimum atomic E-state index is -4.36. The van der Waals surface area contributed by atoms with Crippen LogP contribution in [-0.2, 0) is 17.5 Å². The van der Waals surface area contributed by atoms with Crippen molar-refractivity contribution in [2.75, 3.05) is 19.6 Å². The first-order valence-corrected chi connectivity index (χ1v) is 6.03. The molecule has 1 aromatic rings. The van der Waals surface area contributed by atoms with Gasteiger partial charge in [0.25, 0.3) is 0 Å². The summed E-state index contributed by atoms with van der Waals surface area (Å²) in [4.78, 5) is 12.3. The van der Waals surface area contributed by atoms with Crippen molar-refractivity contribution in [3.8, 4) is 0 Å². The van der Waals surface area contributed by atoms with Crippen LogP contribution >= 0.6 is 0 Å². The van der Waals surface area contributed by atoms with Crippen LogP contribution in [0.4, 0.5) is 13.2 Å². The van der Waals surface area contributed by atoms with Crippen LogP contribution in [0.3, 0.4) is 0 Å². The zero-order chi connectivity index (χ0) is 14.3. The monoisotopic (exact) mass is 274 g/mol. The molecule has 0 saturated carbocycles. The predicted octanol–water partition coefficient (Wildman–Crippen LogP) is 2.27. The number of carbonyl (C=O) groups is 1. The molecule has 1 rings (SSSR count). The van der Waals surface area contributed by atoms with Crippen LogP contribution in [0.15, 0.2) is 24.3 Å². The summed E-state index contributed by atoms with van der Waals surface area (Å²) < 4.78 is 37.6. The van der Waals surface area contributed by atoms with Crippen LogP contribution in [0, 0.1) is 0 Å². The minimum absolute atomic E-state index is 0.179. The van der Waals surface area contributed by atoms with Gasteiger partial charge in [-0.1, -0.05) is 19.1 Å². The maximum absolute atomic E-state index is 12.5. The third-order valence-corrected chi connectivity index (χ3v) is 2.61. The quantitative estimate of drug-likeness (QED) is 0.611. The molecule has 0 aliphatic heterocycles. The van der Waals surface area contributed by atoms with Crippen LogP contribution in [0.2, 0.25) is 0 Å². The molecule has 106 valence electrons. The SMILES string of the molecule is CCNCCN(C=O)Cc1cccc(C(F)(F)F)c1. The van der Waals surface area contributed by atoms with Gasteiger partial charge in [-0.2, -0.15) is 13.2 Å². The summed E-state index contributed by atoms with van der Waals surface area (Å²) in [6, 6.07) is 5.03. The zero-order valence-electron chi connectivity index (χ0n) is 10.7. The number of halogens is 3. The molecule has 3 nitrogen and oxygen atoms in total. The summed E-state index contributed by atoms with van der Waals surface area (Å²) in [7, 11) is 0. The molecule has 0 spiro atoms. The highest BCUT2D eigenvalue weighted by Crippen LogP contribution is 2.29. The summed E-state index contributed by atoms with van der Waals surface area (Å²) in [6.07, 6.45) is -3.70. The van der Waals surface area contributed by atoms with E-state index in [4.69, 9.17) is 0 Å². The molecule has 0 aliphatic rings. The maximum atomic E-state index is 12.5. The van der Waals surface area contributed by atoms with Crippen LogP contribution in [0.1, 0.15) is 18.1 Å². The van der Waals surface area contributed by atoms with E-state index in [1.54, 1.807) is 6.07 Å². The smallest absolute Gasteiger partial charge is 0.340 e. The first-order chi connectivity index (χ1) is 8.97. The first-order valence-electron chi connectivity index (χ1n) is 6.03. The molecule has 0 aromatic heterocycles. The van der Waals surface area contributed by atoms with Crippen molar-refractivity contribution in [3.63, 3.8) is 0 Å². The second kappa shape index (κ2) is 7.13. The lowest BCUT2D eigenvalue weighted by atomic mass is 10.1. The number of carbonyl (C=O) groups excluding carboxylic acids is 1. The minimum Gasteiger partial charge on any atom is -0.340 e. The van der Waals surface area contributed by atoms with E-state index in [1.807, 2.05) is 6.92 Å². The van der Waals surface area contributed by atoms with Crippen LogP contribution < -0.4 is 5.32 Å². The number of alkyl halides is 3. The number of hydrogen-bond acceptors (Lipinski definition) is 2. The average molecular weight is 274 g/mol. The standard InChI is InChI=1S/C13H17F3N2O/c1-2-17-6-7-18(10-19)9-11-4-3-5-12(8-11)13(14,15)16/h3-5,8,10,17H,2,6-7,9H2,1H3. The Morgan fingerprint density at radius 3 is 2.68 bits per heavy atom. The third-order valence-electron chi connectivity index (χ3n) is 2.61. The highest BCUT2D eigenvalue weighted by atomic mass is 19.4. The second-order valence-corrected chi connectivity index (χ2v) is 4.13. The molecule has 1 N–H and O–H groups in total. The van der Waals surface area contributed by atoms with E-state index < -0.39 is 11.7 Å². The molecule has 0 radical (unpaired) electrons. The fourth-order valence-corrected chi connectivity index (χ4v) is 1.65. The van der Waals surface area contributed by atoms with Gasteiger partial charge in [-0.15, -0.1) is 0 Å². The normalized spacial score (nSPS) is 11.4. The van der Waals surface area contributed by atoms with E-state index in [2.05, 4.69) is 5.32 Å². The topological polar surface area (TPSA) is 32.3 Å². The fourth-order valence-electron chi connectivity index (χ4n) is 1.65. The van der Waals surface area contributed by atoms with Crippen molar-refractivity contribution in [3.05, 3.63) is 35.4 Å². The van der Waals surface area contributed by atoms with Gasteiger partial charge in [-0.05, 0) is 24.2 Å². The van der Waals surface area contributed by atoms with E-state index in [9.17, 15) is 18.0 Å². The van der Waals surface area contributed by atoms with Gasteiger partial charge in [-0.25, -0.2) is 0 Å². The third kappa shape index (κ3) is 5.30. The highest BCUT2D eigenvalue weighted by Gasteiger charge is 2.30. The van der Waals surface area contributed by atoms with Gasteiger partial charge < -0.3 is 10.2 Å². The Hall–Kier alpha value is -1.56. The van der Waals surface area contributed by atoms with E-state index in [-0.39, 0.29) is 6.54 Å². The van der Waals surface area contributed by atoms with E-state index in [0.29, 0.717) is 25.1 Å². The molecule has 0 saturated heterocycles. The molecule has 0 fully saturated rings. The van der Waals surface area contributed by atoms with Crippen molar-refractivity contribution in [2.24, 2.45) is 0 Å². The van der Waals surface area contributed by atoms with Crippen LogP contribution in [0.5, 0.6) is 0 Å². The lowest BCUT2D eigenvalue weighted by Gasteiger charge is -2.18. The van der Waals surface area contributed by atoms with Gasteiger partial charge >= 0.3 is 6.18 Å². The summed E-state index contributed by atoms with van der Waals surface area (Å²) in [5, 5.41) is 3.05. The van der Waals surface area contributed by atoms with Gasteiger partial charge in [0.2, 0.25) is 6.41 Å². The molecule has 6 heteroatoms. The van der Waals surface area contributed by atoms with Crippen molar-refractivity contribution < 1.29 is 18.0 Å². The van der Waals surface area contributed by atoms with Crippen molar-refractivity contribution >= 4 is 6.41 Å². The van der Waals surface area contributed by atoms with Crippen LogP contribution in [-0.4, -0.2) is 30.9 Å². The number of rotatable bonds is 7. The number of amides is 1. The Morgan fingerprint density at radius 2 is 2.11 bits per heavy atom. The van der Waals surface area contributed by atoms with Gasteiger partial charge in [0, 0.05) is 19.6 Å². The first kappa shape index (κ1) is 15.5. The zero-order valence-corrected chi connectivity index (χ0v) is 10.7. The number of nitrogens with zero attached hydrogens (tertiary/aromatic N) is 1. The lowest BCUT2D eigenvalue weighted by molar-refractivity contribution is -0.137.